The molecule has 0 bridgehead atoms. The molecule has 1 atom stereocenters. The molecule has 0 aliphatic heterocycles. The van der Waals surface area contributed by atoms with E-state index in [1.807, 2.05) is 0 Å². The average molecular weight is 346 g/mol. The Hall–Kier alpha value is -2.58. The van der Waals surface area contributed by atoms with E-state index in [1.54, 1.807) is 18.2 Å². The van der Waals surface area contributed by atoms with Crippen LogP contribution in [-0.4, -0.2) is 31.6 Å². The maximum absolute atomic E-state index is 12.7. The molecule has 0 saturated carbocycles. The van der Waals surface area contributed by atoms with Gasteiger partial charge in [-0.2, -0.15) is 0 Å². The smallest absolute Gasteiger partial charge is 0.270 e. The summed E-state index contributed by atoms with van der Waals surface area (Å²) >= 11 is 0. The molecule has 8 heteroatoms. The number of non-ortho nitro benzene ring substituents is 1. The van der Waals surface area contributed by atoms with Crippen molar-refractivity contribution >= 4 is 38.3 Å². The maximum atomic E-state index is 12.7. The summed E-state index contributed by atoms with van der Waals surface area (Å²) in [6.07, 6.45) is 0.408. The number of nitrogens with zero attached hydrogens (tertiary/aromatic N) is 1. The Labute approximate surface area is 138 Å². The number of aromatic nitrogens is 1. The number of hydrogen-bond donors (Lipinski definition) is 2. The highest BCUT2D eigenvalue weighted by atomic mass is 32.2. The van der Waals surface area contributed by atoms with Gasteiger partial charge in [0.2, 0.25) is 0 Å². The van der Waals surface area contributed by atoms with Crippen molar-refractivity contribution in [1.82, 2.24) is 4.98 Å². The van der Waals surface area contributed by atoms with Crippen molar-refractivity contribution in [3.8, 4) is 0 Å². The monoisotopic (exact) mass is 346 g/mol. The molecule has 1 unspecified atom stereocenters. The second-order valence-electron chi connectivity index (χ2n) is 5.28. The van der Waals surface area contributed by atoms with Crippen LogP contribution in [0.5, 0.6) is 0 Å². The second kappa shape index (κ2) is 6.50. The Balaban J connectivity index is 2.19. The molecule has 0 radical (unpaired) electrons. The van der Waals surface area contributed by atoms with Crippen LogP contribution in [0.2, 0.25) is 0 Å². The van der Waals surface area contributed by atoms with Gasteiger partial charge in [-0.15, -0.1) is 0 Å². The van der Waals surface area contributed by atoms with Crippen molar-refractivity contribution in [2.24, 2.45) is 0 Å². The first-order chi connectivity index (χ1) is 11.5. The van der Waals surface area contributed by atoms with Gasteiger partial charge in [-0.05, 0) is 30.7 Å². The predicted molar refractivity (Wildman–Crippen MR) is 91.7 cm³/mol. The summed E-state index contributed by atoms with van der Waals surface area (Å²) in [6.45, 7) is -0.0474. The zero-order chi connectivity index (χ0) is 17.3. The number of benzene rings is 2. The summed E-state index contributed by atoms with van der Waals surface area (Å²) in [7, 11) is -1.31. The van der Waals surface area contributed by atoms with Gasteiger partial charge in [0.15, 0.2) is 5.43 Å². The minimum absolute atomic E-state index is 0.0474. The standard InChI is InChI=1S/C16H14N2O5S/c19-6-1-7-24(23)11-3-5-15-13(9-11)16(20)12-8-10(18(21)22)2-4-14(12)17-15/h2-5,8-9,19H,1,6-7H2,(H,17,20). The summed E-state index contributed by atoms with van der Waals surface area (Å²) in [5.74, 6) is 0.305. The number of rotatable bonds is 5. The van der Waals surface area contributed by atoms with E-state index in [4.69, 9.17) is 5.11 Å². The first kappa shape index (κ1) is 16.3. The fourth-order valence-corrected chi connectivity index (χ4v) is 3.60. The Morgan fingerprint density at radius 3 is 2.46 bits per heavy atom. The molecule has 1 heterocycles. The van der Waals surface area contributed by atoms with Crippen molar-refractivity contribution < 1.29 is 14.2 Å². The molecule has 0 spiro atoms. The Morgan fingerprint density at radius 1 is 1.12 bits per heavy atom. The molecule has 1 aromatic heterocycles. The molecule has 3 rings (SSSR count). The lowest BCUT2D eigenvalue weighted by Crippen LogP contribution is -2.07. The van der Waals surface area contributed by atoms with E-state index in [9.17, 15) is 19.1 Å². The molecule has 0 fully saturated rings. The van der Waals surface area contributed by atoms with E-state index in [0.717, 1.165) is 0 Å². The molecule has 7 nitrogen and oxygen atoms in total. The summed E-state index contributed by atoms with van der Waals surface area (Å²) in [5.41, 5.74) is 0.579. The SMILES string of the molecule is O=c1c2cc([N+](=O)[O-])ccc2[nH]c2ccc(S(=O)CCCO)cc12. The number of H-pyrrole nitrogens is 1. The summed E-state index contributed by atoms with van der Waals surface area (Å²) in [4.78, 5) is 26.6. The number of pyridine rings is 1. The maximum Gasteiger partial charge on any atom is 0.270 e. The minimum atomic E-state index is -1.31. The average Bonchev–Trinajstić information content (AvgIpc) is 2.59. The first-order valence-corrected chi connectivity index (χ1v) is 8.56. The van der Waals surface area contributed by atoms with Gasteiger partial charge >= 0.3 is 0 Å². The summed E-state index contributed by atoms with van der Waals surface area (Å²) in [6, 6.07) is 8.96. The van der Waals surface area contributed by atoms with Gasteiger partial charge in [0.05, 0.1) is 26.6 Å². The van der Waals surface area contributed by atoms with E-state index in [0.29, 0.717) is 33.5 Å². The second-order valence-corrected chi connectivity index (χ2v) is 6.85. The molecule has 2 aromatic carbocycles. The zero-order valence-electron chi connectivity index (χ0n) is 12.5. The highest BCUT2D eigenvalue weighted by molar-refractivity contribution is 7.85. The molecule has 24 heavy (non-hydrogen) atoms. The number of nitro groups is 1. The Bertz CT molecular complexity index is 1030. The quantitative estimate of drug-likeness (QED) is 0.417. The largest absolute Gasteiger partial charge is 0.396 e. The van der Waals surface area contributed by atoms with E-state index >= 15 is 0 Å². The number of aliphatic hydroxyl groups excluding tert-OH is 1. The van der Waals surface area contributed by atoms with E-state index in [2.05, 4.69) is 4.98 Å². The number of hydrogen-bond acceptors (Lipinski definition) is 5. The fourth-order valence-electron chi connectivity index (χ4n) is 2.51. The third-order valence-corrected chi connectivity index (χ3v) is 5.15. The van der Waals surface area contributed by atoms with E-state index < -0.39 is 15.7 Å². The van der Waals surface area contributed by atoms with E-state index in [1.165, 1.54) is 18.2 Å². The van der Waals surface area contributed by atoms with Gasteiger partial charge in [0, 0.05) is 40.3 Å². The Kier molecular flexibility index (Phi) is 4.41. The number of nitro benzene ring substituents is 1. The van der Waals surface area contributed by atoms with Crippen molar-refractivity contribution in [2.45, 2.75) is 11.3 Å². The lowest BCUT2D eigenvalue weighted by Gasteiger charge is -2.06. The first-order valence-electron chi connectivity index (χ1n) is 7.24. The van der Waals surface area contributed by atoms with Crippen LogP contribution in [-0.2, 0) is 10.8 Å². The highest BCUT2D eigenvalue weighted by Gasteiger charge is 2.12. The van der Waals surface area contributed by atoms with Gasteiger partial charge in [-0.25, -0.2) is 0 Å². The number of aliphatic hydroxyl groups is 1. The van der Waals surface area contributed by atoms with E-state index in [-0.39, 0.29) is 23.1 Å². The van der Waals surface area contributed by atoms with Gasteiger partial charge in [-0.3, -0.25) is 19.1 Å². The highest BCUT2D eigenvalue weighted by Crippen LogP contribution is 2.21. The summed E-state index contributed by atoms with van der Waals surface area (Å²) < 4.78 is 12.2. The van der Waals surface area contributed by atoms with Gasteiger partial charge < -0.3 is 10.1 Å². The number of aromatic amines is 1. The third-order valence-electron chi connectivity index (χ3n) is 3.71. The lowest BCUT2D eigenvalue weighted by atomic mass is 10.1. The number of nitrogens with one attached hydrogen (secondary N) is 1. The van der Waals surface area contributed by atoms with Crippen LogP contribution < -0.4 is 5.43 Å². The fraction of sp³-hybridized carbons (Fsp3) is 0.188. The topological polar surface area (TPSA) is 113 Å². The van der Waals surface area contributed by atoms with Gasteiger partial charge in [-0.1, -0.05) is 0 Å². The molecule has 0 aliphatic rings. The van der Waals surface area contributed by atoms with Crippen LogP contribution in [0.4, 0.5) is 5.69 Å². The number of fused-ring (bicyclic) bond motifs is 2. The van der Waals surface area contributed by atoms with Crippen LogP contribution in [0.25, 0.3) is 21.8 Å². The molecule has 2 N–H and O–H groups in total. The van der Waals surface area contributed by atoms with Crippen LogP contribution in [0.1, 0.15) is 6.42 Å². The van der Waals surface area contributed by atoms with Crippen LogP contribution in [0.3, 0.4) is 0 Å². The van der Waals surface area contributed by atoms with Crippen LogP contribution in [0, 0.1) is 10.1 Å². The third kappa shape index (κ3) is 2.93. The predicted octanol–water partition coefficient (Wildman–Crippen LogP) is 2.08. The van der Waals surface area contributed by atoms with Crippen LogP contribution >= 0.6 is 0 Å². The molecule has 3 aromatic rings. The zero-order valence-corrected chi connectivity index (χ0v) is 13.3. The van der Waals surface area contributed by atoms with Crippen molar-refractivity contribution in [1.29, 1.82) is 0 Å². The minimum Gasteiger partial charge on any atom is -0.396 e. The van der Waals surface area contributed by atoms with Crippen molar-refractivity contribution in [2.75, 3.05) is 12.4 Å². The molecular formula is C16H14N2O5S. The molecule has 0 amide bonds. The van der Waals surface area contributed by atoms with Gasteiger partial charge in [0.1, 0.15) is 0 Å². The molecule has 0 saturated heterocycles. The molecule has 0 aliphatic carbocycles. The molecule has 124 valence electrons. The van der Waals surface area contributed by atoms with Crippen molar-refractivity contribution in [3.05, 3.63) is 56.7 Å². The lowest BCUT2D eigenvalue weighted by molar-refractivity contribution is -0.384. The normalized spacial score (nSPS) is 12.5. The van der Waals surface area contributed by atoms with Crippen LogP contribution in [0.15, 0.2) is 46.1 Å². The van der Waals surface area contributed by atoms with Gasteiger partial charge in [0.25, 0.3) is 5.69 Å². The molecular weight excluding hydrogens is 332 g/mol. The van der Waals surface area contributed by atoms with Crippen molar-refractivity contribution in [3.63, 3.8) is 0 Å². The Morgan fingerprint density at radius 2 is 1.79 bits per heavy atom. The summed E-state index contributed by atoms with van der Waals surface area (Å²) in [5, 5.41) is 20.3.